The summed E-state index contributed by atoms with van der Waals surface area (Å²) in [6.07, 6.45) is 4.81. The highest BCUT2D eigenvalue weighted by Gasteiger charge is 2.16. The molecule has 2 aromatic heterocycles. The SMILES string of the molecule is C=N/C=C(\C=C(/C)c1ccc2[nH]nc(C(=O)Nc3ccc(Oc4ccccc4F)nc3)c2c1)Oc1ccccc1. The first kappa shape index (κ1) is 26.1. The Bertz CT molecular complexity index is 1730. The molecule has 3 aromatic carbocycles. The number of pyridine rings is 1. The van der Waals surface area contributed by atoms with Crippen molar-refractivity contribution in [3.8, 4) is 17.4 Å². The van der Waals surface area contributed by atoms with E-state index in [0.717, 1.165) is 11.1 Å². The van der Waals surface area contributed by atoms with E-state index in [1.165, 1.54) is 30.6 Å². The summed E-state index contributed by atoms with van der Waals surface area (Å²) in [4.78, 5) is 21.1. The number of carbonyl (C=O) groups excluding carboxylic acids is 1. The predicted octanol–water partition coefficient (Wildman–Crippen LogP) is 7.17. The Morgan fingerprint density at radius 1 is 1.05 bits per heavy atom. The predicted molar refractivity (Wildman–Crippen MR) is 153 cm³/mol. The fourth-order valence-electron chi connectivity index (χ4n) is 3.88. The highest BCUT2D eigenvalue weighted by molar-refractivity contribution is 6.11. The molecular formula is C31H24FN5O3. The molecule has 1 amide bonds. The molecule has 0 atom stereocenters. The third-order valence-electron chi connectivity index (χ3n) is 5.83. The molecule has 2 N–H and O–H groups in total. The van der Waals surface area contributed by atoms with Gasteiger partial charge in [-0.15, -0.1) is 0 Å². The monoisotopic (exact) mass is 533 g/mol. The van der Waals surface area contributed by atoms with E-state index in [1.807, 2.05) is 61.5 Å². The van der Waals surface area contributed by atoms with Gasteiger partial charge in [-0.1, -0.05) is 36.4 Å². The number of carbonyl (C=O) groups is 1. The van der Waals surface area contributed by atoms with Gasteiger partial charge in [0.2, 0.25) is 5.88 Å². The Balaban J connectivity index is 1.33. The second kappa shape index (κ2) is 11.9. The number of anilines is 1. The van der Waals surface area contributed by atoms with Gasteiger partial charge in [-0.25, -0.2) is 9.37 Å². The van der Waals surface area contributed by atoms with Crippen LogP contribution in [0.3, 0.4) is 0 Å². The van der Waals surface area contributed by atoms with Crippen LogP contribution < -0.4 is 14.8 Å². The van der Waals surface area contributed by atoms with Crippen molar-refractivity contribution in [1.82, 2.24) is 15.2 Å². The van der Waals surface area contributed by atoms with Gasteiger partial charge in [0.05, 0.1) is 23.6 Å². The third kappa shape index (κ3) is 6.11. The number of aliphatic imine (C=N–C) groups is 1. The lowest BCUT2D eigenvalue weighted by Crippen LogP contribution is -2.13. The summed E-state index contributed by atoms with van der Waals surface area (Å²) < 4.78 is 25.2. The second-order valence-corrected chi connectivity index (χ2v) is 8.66. The topological polar surface area (TPSA) is 101 Å². The van der Waals surface area contributed by atoms with Crippen molar-refractivity contribution in [3.63, 3.8) is 0 Å². The Morgan fingerprint density at radius 3 is 2.60 bits per heavy atom. The van der Waals surface area contributed by atoms with Crippen molar-refractivity contribution in [2.24, 2.45) is 4.99 Å². The molecular weight excluding hydrogens is 509 g/mol. The average molecular weight is 534 g/mol. The maximum atomic E-state index is 13.8. The molecule has 2 heterocycles. The van der Waals surface area contributed by atoms with Crippen molar-refractivity contribution in [2.45, 2.75) is 6.92 Å². The van der Waals surface area contributed by atoms with Gasteiger partial charge in [-0.3, -0.25) is 14.9 Å². The largest absolute Gasteiger partial charge is 0.456 e. The minimum absolute atomic E-state index is 0.0601. The zero-order chi connectivity index (χ0) is 27.9. The number of para-hydroxylation sites is 2. The molecule has 0 aliphatic carbocycles. The standard InChI is InChI=1S/C31H24FN5O3/c1-20(16-24(19-33-2)39-23-8-4-3-5-9-23)21-12-14-27-25(17-21)30(37-36-27)31(38)35-22-13-15-29(34-18-22)40-28-11-7-6-10-26(28)32/h3-19H,2H2,1H3,(H,35,38)(H,36,37)/b20-16+,24-19+. The van der Waals surface area contributed by atoms with E-state index in [2.05, 4.69) is 32.2 Å². The zero-order valence-corrected chi connectivity index (χ0v) is 21.5. The lowest BCUT2D eigenvalue weighted by atomic mass is 10.0. The van der Waals surface area contributed by atoms with Crippen LogP contribution in [0.1, 0.15) is 23.0 Å². The van der Waals surface area contributed by atoms with Crippen LogP contribution in [0.25, 0.3) is 16.5 Å². The summed E-state index contributed by atoms with van der Waals surface area (Å²) in [6, 6.07) is 24.2. The summed E-state index contributed by atoms with van der Waals surface area (Å²) in [6.45, 7) is 5.46. The number of nitrogens with zero attached hydrogens (tertiary/aromatic N) is 3. The normalized spacial score (nSPS) is 11.8. The number of rotatable bonds is 9. The Labute approximate surface area is 229 Å². The summed E-state index contributed by atoms with van der Waals surface area (Å²) >= 11 is 0. The first-order valence-electron chi connectivity index (χ1n) is 12.3. The zero-order valence-electron chi connectivity index (χ0n) is 21.5. The number of benzene rings is 3. The van der Waals surface area contributed by atoms with Crippen LogP contribution in [-0.4, -0.2) is 27.8 Å². The number of allylic oxidation sites excluding steroid dienone is 2. The van der Waals surface area contributed by atoms with Crippen molar-refractivity contribution in [1.29, 1.82) is 0 Å². The molecule has 0 unspecified atom stereocenters. The highest BCUT2D eigenvalue weighted by atomic mass is 19.1. The average Bonchev–Trinajstić information content (AvgIpc) is 3.39. The van der Waals surface area contributed by atoms with Gasteiger partial charge in [0.1, 0.15) is 11.5 Å². The van der Waals surface area contributed by atoms with E-state index in [0.29, 0.717) is 28.1 Å². The number of hydrogen-bond acceptors (Lipinski definition) is 6. The number of hydrogen-bond donors (Lipinski definition) is 2. The lowest BCUT2D eigenvalue weighted by molar-refractivity contribution is 0.102. The Kier molecular flexibility index (Phi) is 7.73. The van der Waals surface area contributed by atoms with Crippen LogP contribution in [-0.2, 0) is 0 Å². The van der Waals surface area contributed by atoms with E-state index in [1.54, 1.807) is 18.2 Å². The quantitative estimate of drug-likeness (QED) is 0.119. The molecule has 9 heteroatoms. The number of ether oxygens (including phenoxy) is 2. The van der Waals surface area contributed by atoms with Gasteiger partial charge >= 0.3 is 0 Å². The molecule has 40 heavy (non-hydrogen) atoms. The van der Waals surface area contributed by atoms with Crippen molar-refractivity contribution in [2.75, 3.05) is 5.32 Å². The fraction of sp³-hybridized carbons (Fsp3) is 0.0323. The molecule has 8 nitrogen and oxygen atoms in total. The van der Waals surface area contributed by atoms with Crippen LogP contribution in [0.4, 0.5) is 10.1 Å². The van der Waals surface area contributed by atoms with E-state index >= 15 is 0 Å². The van der Waals surface area contributed by atoms with Gasteiger partial charge in [0, 0.05) is 11.5 Å². The van der Waals surface area contributed by atoms with Crippen LogP contribution >= 0.6 is 0 Å². The maximum Gasteiger partial charge on any atom is 0.276 e. The van der Waals surface area contributed by atoms with Crippen molar-refractivity contribution < 1.29 is 18.7 Å². The Morgan fingerprint density at radius 2 is 1.85 bits per heavy atom. The molecule has 0 aliphatic rings. The molecule has 5 aromatic rings. The minimum atomic E-state index is -0.495. The molecule has 0 aliphatic heterocycles. The molecule has 0 bridgehead atoms. The van der Waals surface area contributed by atoms with Crippen LogP contribution in [0.2, 0.25) is 0 Å². The van der Waals surface area contributed by atoms with Gasteiger partial charge < -0.3 is 14.8 Å². The van der Waals surface area contributed by atoms with E-state index < -0.39 is 11.7 Å². The summed E-state index contributed by atoms with van der Waals surface area (Å²) in [5, 5.41) is 10.5. The highest BCUT2D eigenvalue weighted by Crippen LogP contribution is 2.26. The fourth-order valence-corrected chi connectivity index (χ4v) is 3.88. The van der Waals surface area contributed by atoms with E-state index in [9.17, 15) is 9.18 Å². The molecule has 0 radical (unpaired) electrons. The molecule has 0 saturated carbocycles. The first-order chi connectivity index (χ1) is 19.5. The number of halogens is 1. The van der Waals surface area contributed by atoms with Crippen LogP contribution in [0.15, 0.2) is 114 Å². The molecule has 0 spiro atoms. The van der Waals surface area contributed by atoms with Crippen molar-refractivity contribution in [3.05, 3.63) is 126 Å². The number of H-pyrrole nitrogens is 1. The summed E-state index contributed by atoms with van der Waals surface area (Å²) in [7, 11) is 0. The summed E-state index contributed by atoms with van der Waals surface area (Å²) in [5.74, 6) is 0.524. The van der Waals surface area contributed by atoms with Crippen LogP contribution in [0.5, 0.6) is 17.4 Å². The maximum absolute atomic E-state index is 13.8. The lowest BCUT2D eigenvalue weighted by Gasteiger charge is -2.08. The number of aromatic amines is 1. The number of nitrogens with one attached hydrogen (secondary N) is 2. The van der Waals surface area contributed by atoms with Gasteiger partial charge in [-0.2, -0.15) is 5.10 Å². The summed E-state index contributed by atoms with van der Waals surface area (Å²) in [5.41, 5.74) is 3.11. The first-order valence-corrected chi connectivity index (χ1v) is 12.3. The van der Waals surface area contributed by atoms with Gasteiger partial charge in [0.15, 0.2) is 17.3 Å². The molecule has 0 saturated heterocycles. The molecule has 0 fully saturated rings. The smallest absolute Gasteiger partial charge is 0.276 e. The number of fused-ring (bicyclic) bond motifs is 1. The van der Waals surface area contributed by atoms with E-state index in [4.69, 9.17) is 9.47 Å². The minimum Gasteiger partial charge on any atom is -0.456 e. The molecule has 198 valence electrons. The second-order valence-electron chi connectivity index (χ2n) is 8.66. The number of aromatic nitrogens is 3. The van der Waals surface area contributed by atoms with Gasteiger partial charge in [-0.05, 0) is 73.3 Å². The number of amides is 1. The van der Waals surface area contributed by atoms with E-state index in [-0.39, 0.29) is 17.3 Å². The van der Waals surface area contributed by atoms with Crippen LogP contribution in [0, 0.1) is 5.82 Å². The Hall–Kier alpha value is -5.57. The third-order valence-corrected chi connectivity index (χ3v) is 5.83. The molecule has 5 rings (SSSR count). The van der Waals surface area contributed by atoms with Crippen molar-refractivity contribution >= 4 is 34.8 Å². The van der Waals surface area contributed by atoms with Gasteiger partial charge in [0.25, 0.3) is 5.91 Å².